The minimum absolute atomic E-state index is 0.0100. The second-order valence-electron chi connectivity index (χ2n) is 15.0. The van der Waals surface area contributed by atoms with E-state index in [1.54, 1.807) is 32.1 Å². The van der Waals surface area contributed by atoms with Crippen LogP contribution in [0.25, 0.3) is 6.08 Å². The summed E-state index contributed by atoms with van der Waals surface area (Å²) >= 11 is 0. The smallest absolute Gasteiger partial charge is 0.365 e. The molecular formula is C40H65O6PSi2. The number of Topliss-reactive ketones (excluding diaryl/α,β-unsaturated/α-hetero) is 1. The molecule has 0 fully saturated rings. The van der Waals surface area contributed by atoms with Gasteiger partial charge in [-0.1, -0.05) is 119 Å². The van der Waals surface area contributed by atoms with Crippen molar-refractivity contribution in [2.24, 2.45) is 0 Å². The maximum atomic E-state index is 14.9. The van der Waals surface area contributed by atoms with E-state index in [9.17, 15) is 9.36 Å². The lowest BCUT2D eigenvalue weighted by Crippen LogP contribution is -2.51. The highest BCUT2D eigenvalue weighted by Gasteiger charge is 2.49. The molecule has 2 rings (SSSR count). The lowest BCUT2D eigenvalue weighted by molar-refractivity contribution is 0.103. The Balaban J connectivity index is 2.99. The second-order valence-corrected chi connectivity index (χ2v) is 27.8. The minimum atomic E-state index is -4.01. The molecule has 0 aliphatic heterocycles. The molecule has 2 aromatic carbocycles. The lowest BCUT2D eigenvalue weighted by Gasteiger charge is -2.43. The van der Waals surface area contributed by atoms with Gasteiger partial charge in [0.1, 0.15) is 16.8 Å². The largest absolute Gasteiger partial charge is 0.543 e. The number of benzene rings is 2. The highest BCUT2D eigenvalue weighted by Crippen LogP contribution is 2.57. The Morgan fingerprint density at radius 1 is 0.673 bits per heavy atom. The molecule has 0 aliphatic carbocycles. The van der Waals surface area contributed by atoms with Crippen LogP contribution >= 0.6 is 7.60 Å². The van der Waals surface area contributed by atoms with Crippen LogP contribution < -0.4 is 8.85 Å². The summed E-state index contributed by atoms with van der Waals surface area (Å²) in [6, 6.07) is 15.4. The van der Waals surface area contributed by atoms with Gasteiger partial charge in [0.15, 0.2) is 0 Å². The van der Waals surface area contributed by atoms with Gasteiger partial charge in [-0.2, -0.15) is 0 Å². The summed E-state index contributed by atoms with van der Waals surface area (Å²) in [7, 11) is -8.84. The topological polar surface area (TPSA) is 71.1 Å². The summed E-state index contributed by atoms with van der Waals surface area (Å²) in [6.45, 7) is 32.6. The first-order chi connectivity index (χ1) is 22.8. The lowest BCUT2D eigenvalue weighted by atomic mass is 10.1. The fraction of sp³-hybridized carbons (Fsp3) is 0.575. The van der Waals surface area contributed by atoms with Crippen LogP contribution in [-0.4, -0.2) is 35.6 Å². The zero-order valence-electron chi connectivity index (χ0n) is 33.0. The van der Waals surface area contributed by atoms with Crippen LogP contribution in [-0.2, 0) is 13.6 Å². The molecule has 0 saturated carbocycles. The van der Waals surface area contributed by atoms with Crippen LogP contribution in [0.4, 0.5) is 0 Å². The zero-order chi connectivity index (χ0) is 37.3. The summed E-state index contributed by atoms with van der Waals surface area (Å²) in [5.74, 6) is 0.792. The first-order valence-corrected chi connectivity index (χ1v) is 24.1. The monoisotopic (exact) mass is 728 g/mol. The van der Waals surface area contributed by atoms with Gasteiger partial charge in [0.05, 0.1) is 13.2 Å². The third-order valence-corrected chi connectivity index (χ3v) is 24.0. The van der Waals surface area contributed by atoms with Gasteiger partial charge in [-0.15, -0.1) is 0 Å². The molecule has 49 heavy (non-hydrogen) atoms. The molecule has 274 valence electrons. The van der Waals surface area contributed by atoms with Gasteiger partial charge >= 0.3 is 7.60 Å². The van der Waals surface area contributed by atoms with Crippen LogP contribution in [0.1, 0.15) is 120 Å². The van der Waals surface area contributed by atoms with Crippen molar-refractivity contribution in [1.82, 2.24) is 0 Å². The van der Waals surface area contributed by atoms with Crippen molar-refractivity contribution in [3.8, 4) is 11.5 Å². The molecular weight excluding hydrogens is 664 g/mol. The fourth-order valence-corrected chi connectivity index (χ4v) is 20.2. The Morgan fingerprint density at radius 3 is 1.41 bits per heavy atom. The van der Waals surface area contributed by atoms with Crippen LogP contribution in [0.5, 0.6) is 11.5 Å². The van der Waals surface area contributed by atoms with Crippen LogP contribution in [0, 0.1) is 0 Å². The molecule has 0 saturated heterocycles. The van der Waals surface area contributed by atoms with Crippen LogP contribution in [0.2, 0.25) is 33.2 Å². The number of carbonyl (C=O) groups excluding carboxylic acids is 1. The van der Waals surface area contributed by atoms with E-state index in [4.69, 9.17) is 17.9 Å². The first kappa shape index (κ1) is 42.9. The molecule has 9 heteroatoms. The summed E-state index contributed by atoms with van der Waals surface area (Å²) in [6.07, 6.45) is 3.60. The van der Waals surface area contributed by atoms with Gasteiger partial charge in [0.25, 0.3) is 16.6 Å². The van der Waals surface area contributed by atoms with E-state index in [-0.39, 0.29) is 18.5 Å². The normalized spacial score (nSPS) is 13.8. The molecule has 0 atom stereocenters. The van der Waals surface area contributed by atoms with Gasteiger partial charge in [-0.05, 0) is 83.4 Å². The van der Waals surface area contributed by atoms with E-state index in [1.165, 1.54) is 0 Å². The molecule has 0 radical (unpaired) electrons. The number of carbonyl (C=O) groups is 1. The first-order valence-electron chi connectivity index (χ1n) is 18.2. The summed E-state index contributed by atoms with van der Waals surface area (Å²) < 4.78 is 40.5. The molecule has 0 aromatic heterocycles. The molecule has 0 unspecified atom stereocenters. The maximum Gasteiger partial charge on any atom is 0.365 e. The molecule has 6 nitrogen and oxygen atoms in total. The Bertz CT molecular complexity index is 1370. The van der Waals surface area contributed by atoms with Gasteiger partial charge < -0.3 is 17.9 Å². The highest BCUT2D eigenvalue weighted by atomic mass is 31.2. The van der Waals surface area contributed by atoms with Crippen LogP contribution in [0.3, 0.4) is 0 Å². The predicted molar refractivity (Wildman–Crippen MR) is 213 cm³/mol. The maximum absolute atomic E-state index is 14.9. The second kappa shape index (κ2) is 18.3. The quantitative estimate of drug-likeness (QED) is 0.0471. The average Bonchev–Trinajstić information content (AvgIpc) is 3.00. The number of hydrogen-bond acceptors (Lipinski definition) is 6. The van der Waals surface area contributed by atoms with Gasteiger partial charge in [0, 0.05) is 11.6 Å². The van der Waals surface area contributed by atoms with Crippen molar-refractivity contribution < 1.29 is 27.3 Å². The van der Waals surface area contributed by atoms with Crippen molar-refractivity contribution in [1.29, 1.82) is 0 Å². The number of hydrogen-bond donors (Lipinski definition) is 0. The Morgan fingerprint density at radius 2 is 1.06 bits per heavy atom. The Labute approximate surface area is 300 Å². The molecule has 0 aliphatic rings. The number of rotatable bonds is 19. The summed E-state index contributed by atoms with van der Waals surface area (Å²) in [5.41, 5.74) is 3.99. The van der Waals surface area contributed by atoms with E-state index in [0.717, 1.165) is 11.1 Å². The summed E-state index contributed by atoms with van der Waals surface area (Å²) in [5, 5.41) is -0.0100. The van der Waals surface area contributed by atoms with Crippen molar-refractivity contribution in [3.05, 3.63) is 76.6 Å². The highest BCUT2D eigenvalue weighted by molar-refractivity contribution is 7.60. The van der Waals surface area contributed by atoms with Crippen molar-refractivity contribution in [2.75, 3.05) is 13.2 Å². The minimum Gasteiger partial charge on any atom is -0.543 e. The zero-order valence-corrected chi connectivity index (χ0v) is 35.9. The Kier molecular flexibility index (Phi) is 16.1. The van der Waals surface area contributed by atoms with E-state index in [0.29, 0.717) is 50.3 Å². The standard InChI is InChI=1S/C40H65O6PSi2/c1-16-43-47(42,44-17-2)39(24-34(15)23-35-21-19-18-20-22-35)40(41)36-25-37(45-48(28(3)4,29(5)6)30(7)8)27-38(26-36)46-49(31(9)10,32(11)12)33(13)14/h18-33H,16-17H2,1-15H3/b34-23+,39-24-. The van der Waals surface area contributed by atoms with Gasteiger partial charge in [0.2, 0.25) is 5.78 Å². The van der Waals surface area contributed by atoms with E-state index < -0.39 is 30.0 Å². The van der Waals surface area contributed by atoms with Gasteiger partial charge in [-0.25, -0.2) is 0 Å². The third kappa shape index (κ3) is 9.97. The molecule has 0 spiro atoms. The molecule has 0 N–H and O–H groups in total. The van der Waals surface area contributed by atoms with Crippen molar-refractivity contribution in [3.63, 3.8) is 0 Å². The molecule has 0 amide bonds. The Hall–Kier alpha value is -2.23. The number of allylic oxidation sites excluding steroid dienone is 3. The summed E-state index contributed by atoms with van der Waals surface area (Å²) in [4.78, 5) is 14.9. The van der Waals surface area contributed by atoms with E-state index in [2.05, 4.69) is 83.1 Å². The molecule has 0 bridgehead atoms. The van der Waals surface area contributed by atoms with Gasteiger partial charge in [-0.3, -0.25) is 9.36 Å². The number of ketones is 1. The molecule has 0 heterocycles. The SMILES string of the molecule is CCOP(=O)(OCC)/C(=C\C(C)=C\c1ccccc1)C(=O)c1cc(O[Si](C(C)C)(C(C)C)C(C)C)cc(O[Si](C(C)C)(C(C)C)C(C)C)c1. The van der Waals surface area contributed by atoms with E-state index >= 15 is 0 Å². The average molecular weight is 729 g/mol. The predicted octanol–water partition coefficient (Wildman–Crippen LogP) is 13.2. The third-order valence-electron chi connectivity index (χ3n) is 9.83. The van der Waals surface area contributed by atoms with Crippen LogP contribution in [0.15, 0.2) is 65.5 Å². The van der Waals surface area contributed by atoms with Crippen molar-refractivity contribution in [2.45, 2.75) is 137 Å². The molecule has 2 aromatic rings. The van der Waals surface area contributed by atoms with Crippen molar-refractivity contribution >= 4 is 36.1 Å². The van der Waals surface area contributed by atoms with E-state index in [1.807, 2.05) is 49.4 Å². The fourth-order valence-electron chi connectivity index (χ4n) is 7.94.